The van der Waals surface area contributed by atoms with Crippen LogP contribution < -0.4 is 0 Å². The maximum absolute atomic E-state index is 9.84. The molecule has 0 aliphatic heterocycles. The van der Waals surface area contributed by atoms with E-state index in [9.17, 15) is 10.2 Å². The molecule has 104 valence electrons. The molecule has 2 aromatic carbocycles. The molecular weight excluding hydrogens is 433 g/mol. The Morgan fingerprint density at radius 1 is 1.00 bits per heavy atom. The van der Waals surface area contributed by atoms with E-state index in [1.54, 1.807) is 6.07 Å². The largest absolute Gasteiger partial charge is 0.508 e. The van der Waals surface area contributed by atoms with E-state index < -0.39 is 0 Å². The van der Waals surface area contributed by atoms with Gasteiger partial charge in [-0.1, -0.05) is 23.2 Å². The number of rotatable bonds is 2. The van der Waals surface area contributed by atoms with Crippen molar-refractivity contribution in [3.05, 3.63) is 48.8 Å². The molecule has 0 fully saturated rings. The fourth-order valence-corrected chi connectivity index (χ4v) is 3.37. The summed E-state index contributed by atoms with van der Waals surface area (Å²) in [5, 5.41) is 19.8. The van der Waals surface area contributed by atoms with Gasteiger partial charge in [0.2, 0.25) is 0 Å². The number of phenols is 2. The minimum Gasteiger partial charge on any atom is -0.508 e. The molecule has 0 atom stereocenters. The quantitative estimate of drug-likeness (QED) is 0.591. The second kappa shape index (κ2) is 6.35. The van der Waals surface area contributed by atoms with E-state index in [1.165, 1.54) is 24.4 Å². The van der Waals surface area contributed by atoms with Crippen LogP contribution in [0.3, 0.4) is 0 Å². The minimum absolute atomic E-state index is 0.0918. The Kier molecular flexibility index (Phi) is 4.96. The molecule has 7 heteroatoms. The van der Waals surface area contributed by atoms with Crippen LogP contribution in [0.1, 0.15) is 5.56 Å². The van der Waals surface area contributed by atoms with Gasteiger partial charge in [-0.05, 0) is 56.1 Å². The van der Waals surface area contributed by atoms with Crippen LogP contribution in [0.5, 0.6) is 11.5 Å². The van der Waals surface area contributed by atoms with Gasteiger partial charge >= 0.3 is 0 Å². The van der Waals surface area contributed by atoms with Crippen molar-refractivity contribution in [2.45, 2.75) is 0 Å². The Balaban J connectivity index is 2.45. The molecule has 0 saturated heterocycles. The van der Waals surface area contributed by atoms with E-state index in [1.807, 2.05) is 0 Å². The Morgan fingerprint density at radius 3 is 2.20 bits per heavy atom. The highest BCUT2D eigenvalue weighted by Gasteiger charge is 2.08. The summed E-state index contributed by atoms with van der Waals surface area (Å²) in [6.45, 7) is 0. The smallest absolute Gasteiger partial charge is 0.143 e. The molecule has 20 heavy (non-hydrogen) atoms. The molecule has 0 spiro atoms. The highest BCUT2D eigenvalue weighted by molar-refractivity contribution is 9.11. The van der Waals surface area contributed by atoms with Gasteiger partial charge in [0.05, 0.1) is 10.7 Å². The van der Waals surface area contributed by atoms with Gasteiger partial charge in [-0.25, -0.2) is 0 Å². The first-order chi connectivity index (χ1) is 9.38. The van der Waals surface area contributed by atoms with Crippen LogP contribution in [-0.2, 0) is 0 Å². The lowest BCUT2D eigenvalue weighted by molar-refractivity contribution is 0.474. The van der Waals surface area contributed by atoms with Crippen molar-refractivity contribution >= 4 is 67.0 Å². The van der Waals surface area contributed by atoms with E-state index in [0.717, 1.165) is 0 Å². The van der Waals surface area contributed by atoms with E-state index in [2.05, 4.69) is 36.9 Å². The number of nitrogens with zero attached hydrogens (tertiary/aromatic N) is 1. The Bertz CT molecular complexity index is 682. The zero-order valence-corrected chi connectivity index (χ0v) is 14.4. The Labute approximate surface area is 142 Å². The second-order valence-electron chi connectivity index (χ2n) is 3.84. The predicted molar refractivity (Wildman–Crippen MR) is 88.9 cm³/mol. The topological polar surface area (TPSA) is 52.8 Å². The molecule has 2 N–H and O–H groups in total. The summed E-state index contributed by atoms with van der Waals surface area (Å²) in [5.74, 6) is 0.0159. The number of phenolic OH excluding ortho intramolecular Hbond substituents is 2. The van der Waals surface area contributed by atoms with Gasteiger partial charge in [0.25, 0.3) is 0 Å². The molecule has 0 aromatic heterocycles. The number of hydrogen-bond donors (Lipinski definition) is 2. The first kappa shape index (κ1) is 15.6. The third-order valence-electron chi connectivity index (χ3n) is 2.39. The van der Waals surface area contributed by atoms with Gasteiger partial charge < -0.3 is 10.2 Å². The normalized spacial score (nSPS) is 11.2. The van der Waals surface area contributed by atoms with Gasteiger partial charge in [-0.2, -0.15) is 0 Å². The molecule has 2 aromatic rings. The summed E-state index contributed by atoms with van der Waals surface area (Å²) in [5.41, 5.74) is 0.965. The van der Waals surface area contributed by atoms with E-state index >= 15 is 0 Å². The lowest BCUT2D eigenvalue weighted by atomic mass is 10.2. The third-order valence-corrected chi connectivity index (χ3v) is 4.11. The summed E-state index contributed by atoms with van der Waals surface area (Å²) in [7, 11) is 0. The summed E-state index contributed by atoms with van der Waals surface area (Å²) < 4.78 is 1.21. The van der Waals surface area contributed by atoms with Crippen molar-refractivity contribution < 1.29 is 10.2 Å². The summed E-state index contributed by atoms with van der Waals surface area (Å²) >= 11 is 18.3. The average molecular weight is 440 g/mol. The fourth-order valence-electron chi connectivity index (χ4n) is 1.49. The predicted octanol–water partition coefficient (Wildman–Crippen LogP) is 5.68. The van der Waals surface area contributed by atoms with Crippen LogP contribution in [0.15, 0.2) is 38.2 Å². The first-order valence-corrected chi connectivity index (χ1v) is 7.62. The molecule has 3 nitrogen and oxygen atoms in total. The maximum atomic E-state index is 9.84. The van der Waals surface area contributed by atoms with Crippen molar-refractivity contribution in [2.75, 3.05) is 0 Å². The van der Waals surface area contributed by atoms with Crippen molar-refractivity contribution in [1.29, 1.82) is 0 Å². The van der Waals surface area contributed by atoms with Gasteiger partial charge in [0.1, 0.15) is 11.5 Å². The van der Waals surface area contributed by atoms with Crippen LogP contribution in [0.2, 0.25) is 10.0 Å². The zero-order valence-electron chi connectivity index (χ0n) is 9.74. The third kappa shape index (κ3) is 3.47. The SMILES string of the molecule is Oc1cc(Br)c(N=Cc2cc(Cl)cc(Cl)c2O)c(Br)c1. The van der Waals surface area contributed by atoms with Crippen LogP contribution in [-0.4, -0.2) is 16.4 Å². The number of aliphatic imine (C=N–C) groups is 1. The number of aromatic hydroxyl groups is 2. The molecule has 0 heterocycles. The first-order valence-electron chi connectivity index (χ1n) is 5.28. The number of benzene rings is 2. The van der Waals surface area contributed by atoms with Crippen LogP contribution >= 0.6 is 55.1 Å². The van der Waals surface area contributed by atoms with Gasteiger partial charge in [-0.15, -0.1) is 0 Å². The fraction of sp³-hybridized carbons (Fsp3) is 0. The van der Waals surface area contributed by atoms with Crippen molar-refractivity contribution in [3.63, 3.8) is 0 Å². The van der Waals surface area contributed by atoms with Gasteiger partial charge in [0.15, 0.2) is 0 Å². The lowest BCUT2D eigenvalue weighted by Gasteiger charge is -2.05. The van der Waals surface area contributed by atoms with E-state index in [0.29, 0.717) is 25.2 Å². The van der Waals surface area contributed by atoms with Gasteiger partial charge in [0, 0.05) is 25.7 Å². The second-order valence-corrected chi connectivity index (χ2v) is 6.39. The van der Waals surface area contributed by atoms with E-state index in [4.69, 9.17) is 23.2 Å². The number of halogens is 4. The van der Waals surface area contributed by atoms with Crippen molar-refractivity contribution in [2.24, 2.45) is 4.99 Å². The molecule has 0 saturated carbocycles. The monoisotopic (exact) mass is 437 g/mol. The summed E-state index contributed by atoms with van der Waals surface area (Å²) in [6, 6.07) is 6.03. The molecule has 0 bridgehead atoms. The van der Waals surface area contributed by atoms with Crippen molar-refractivity contribution in [1.82, 2.24) is 0 Å². The number of hydrogen-bond acceptors (Lipinski definition) is 3. The summed E-state index contributed by atoms with van der Waals surface area (Å²) in [4.78, 5) is 4.25. The molecule has 0 amide bonds. The zero-order chi connectivity index (χ0) is 14.9. The van der Waals surface area contributed by atoms with Crippen LogP contribution in [0.25, 0.3) is 0 Å². The molecule has 0 aliphatic carbocycles. The molecule has 0 unspecified atom stereocenters. The highest BCUT2D eigenvalue weighted by atomic mass is 79.9. The van der Waals surface area contributed by atoms with Crippen LogP contribution in [0.4, 0.5) is 5.69 Å². The highest BCUT2D eigenvalue weighted by Crippen LogP contribution is 2.37. The molecule has 0 radical (unpaired) electrons. The standard InChI is InChI=1S/C13H7Br2Cl2NO2/c14-9-3-8(19)4-10(15)12(9)18-5-6-1-7(16)2-11(17)13(6)20/h1-5,19-20H. The minimum atomic E-state index is -0.0918. The lowest BCUT2D eigenvalue weighted by Crippen LogP contribution is -1.84. The Hall–Kier alpha value is -0.750. The molecular formula is C13H7Br2Cl2NO2. The Morgan fingerprint density at radius 2 is 1.60 bits per heavy atom. The van der Waals surface area contributed by atoms with E-state index in [-0.39, 0.29) is 16.5 Å². The van der Waals surface area contributed by atoms with Crippen molar-refractivity contribution in [3.8, 4) is 11.5 Å². The van der Waals surface area contributed by atoms with Crippen LogP contribution in [0, 0.1) is 0 Å². The molecule has 0 aliphatic rings. The summed E-state index contributed by atoms with van der Waals surface area (Å²) in [6.07, 6.45) is 1.44. The maximum Gasteiger partial charge on any atom is 0.143 e. The van der Waals surface area contributed by atoms with Gasteiger partial charge in [-0.3, -0.25) is 4.99 Å². The molecule has 2 rings (SSSR count). The average Bonchev–Trinajstić information content (AvgIpc) is 2.33.